The van der Waals surface area contributed by atoms with Crippen LogP contribution < -0.4 is 14.8 Å². The molecule has 0 aromatic heterocycles. The molecular formula is C15H23Cl2N3O2. The lowest BCUT2D eigenvalue weighted by molar-refractivity contribution is 0.279. The Morgan fingerprint density at radius 2 is 2.05 bits per heavy atom. The van der Waals surface area contributed by atoms with Crippen molar-refractivity contribution in [3.63, 3.8) is 0 Å². The Balaban J connectivity index is 0.00000121. The van der Waals surface area contributed by atoms with Gasteiger partial charge in [0.2, 0.25) is 0 Å². The summed E-state index contributed by atoms with van der Waals surface area (Å²) in [6.45, 7) is 4.72. The zero-order valence-electron chi connectivity index (χ0n) is 12.9. The first-order chi connectivity index (χ1) is 9.80. The minimum Gasteiger partial charge on any atom is -0.497 e. The Labute approximate surface area is 143 Å². The van der Waals surface area contributed by atoms with Gasteiger partial charge in [-0.1, -0.05) is 0 Å². The molecule has 1 aromatic carbocycles. The SMILES string of the molecule is COc1cc2c(c(OC)c1)CN(CC1=NCCN1)CC2.Cl.Cl. The van der Waals surface area contributed by atoms with Gasteiger partial charge in [-0.25, -0.2) is 0 Å². The van der Waals surface area contributed by atoms with E-state index in [2.05, 4.69) is 21.3 Å². The van der Waals surface area contributed by atoms with E-state index in [4.69, 9.17) is 9.47 Å². The number of ether oxygens (including phenoxy) is 2. The summed E-state index contributed by atoms with van der Waals surface area (Å²) < 4.78 is 10.9. The van der Waals surface area contributed by atoms with Gasteiger partial charge in [-0.15, -0.1) is 24.8 Å². The zero-order chi connectivity index (χ0) is 13.9. The number of methoxy groups -OCH3 is 2. The summed E-state index contributed by atoms with van der Waals surface area (Å²) >= 11 is 0. The summed E-state index contributed by atoms with van der Waals surface area (Å²) in [5.74, 6) is 2.90. The quantitative estimate of drug-likeness (QED) is 0.903. The maximum Gasteiger partial charge on any atom is 0.127 e. The highest BCUT2D eigenvalue weighted by Gasteiger charge is 2.22. The molecular weight excluding hydrogens is 325 g/mol. The van der Waals surface area contributed by atoms with E-state index in [-0.39, 0.29) is 24.8 Å². The van der Waals surface area contributed by atoms with Crippen molar-refractivity contribution in [1.82, 2.24) is 10.2 Å². The second-order valence-corrected chi connectivity index (χ2v) is 5.18. The number of benzene rings is 1. The van der Waals surface area contributed by atoms with Gasteiger partial charge in [-0.2, -0.15) is 0 Å². The molecule has 0 bridgehead atoms. The molecule has 0 saturated carbocycles. The number of rotatable bonds is 4. The van der Waals surface area contributed by atoms with Crippen molar-refractivity contribution in [3.05, 3.63) is 23.3 Å². The predicted octanol–water partition coefficient (Wildman–Crippen LogP) is 1.91. The van der Waals surface area contributed by atoms with E-state index in [1.807, 2.05) is 6.07 Å². The number of hydrogen-bond donors (Lipinski definition) is 1. The van der Waals surface area contributed by atoms with Gasteiger partial charge in [-0.05, 0) is 18.1 Å². The van der Waals surface area contributed by atoms with Crippen LogP contribution in [0.15, 0.2) is 17.1 Å². The lowest BCUT2D eigenvalue weighted by atomic mass is 9.98. The molecule has 0 radical (unpaired) electrons. The average Bonchev–Trinajstić information content (AvgIpc) is 2.99. The van der Waals surface area contributed by atoms with Crippen LogP contribution in [-0.4, -0.2) is 51.1 Å². The normalized spacial score (nSPS) is 16.5. The van der Waals surface area contributed by atoms with Crippen molar-refractivity contribution in [1.29, 1.82) is 0 Å². The molecule has 1 N–H and O–H groups in total. The van der Waals surface area contributed by atoms with Crippen molar-refractivity contribution in [2.45, 2.75) is 13.0 Å². The van der Waals surface area contributed by atoms with Gasteiger partial charge >= 0.3 is 0 Å². The first kappa shape index (κ1) is 18.9. The Kier molecular flexibility index (Phi) is 7.26. The Hall–Kier alpha value is -1.17. The summed E-state index contributed by atoms with van der Waals surface area (Å²) in [6, 6.07) is 4.09. The molecule has 0 unspecified atom stereocenters. The monoisotopic (exact) mass is 347 g/mol. The standard InChI is InChI=1S/C15H21N3O2.2ClH/c1-19-12-7-11-3-6-18(10-15-16-4-5-17-15)9-13(11)14(8-12)20-2;;/h7-8H,3-6,9-10H2,1-2H3,(H,16,17);2*1H. The van der Waals surface area contributed by atoms with Gasteiger partial charge < -0.3 is 14.8 Å². The number of fused-ring (bicyclic) bond motifs is 1. The Morgan fingerprint density at radius 1 is 1.23 bits per heavy atom. The second kappa shape index (κ2) is 8.46. The van der Waals surface area contributed by atoms with E-state index < -0.39 is 0 Å². The fourth-order valence-electron chi connectivity index (χ4n) is 2.86. The van der Waals surface area contributed by atoms with Gasteiger partial charge in [0.15, 0.2) is 0 Å². The summed E-state index contributed by atoms with van der Waals surface area (Å²) in [7, 11) is 3.41. The van der Waals surface area contributed by atoms with Crippen molar-refractivity contribution in [3.8, 4) is 11.5 Å². The second-order valence-electron chi connectivity index (χ2n) is 5.18. The van der Waals surface area contributed by atoms with Crippen LogP contribution in [0.25, 0.3) is 0 Å². The maximum absolute atomic E-state index is 5.52. The molecule has 0 spiro atoms. The van der Waals surface area contributed by atoms with Crippen molar-refractivity contribution < 1.29 is 9.47 Å². The van der Waals surface area contributed by atoms with Crippen molar-refractivity contribution in [2.75, 3.05) is 40.4 Å². The highest BCUT2D eigenvalue weighted by Crippen LogP contribution is 2.32. The van der Waals surface area contributed by atoms with Gasteiger partial charge in [0, 0.05) is 31.3 Å². The van der Waals surface area contributed by atoms with E-state index >= 15 is 0 Å². The van der Waals surface area contributed by atoms with Crippen LogP contribution >= 0.6 is 24.8 Å². The van der Waals surface area contributed by atoms with Gasteiger partial charge in [0.05, 0.1) is 27.3 Å². The lowest BCUT2D eigenvalue weighted by Crippen LogP contribution is -2.38. The van der Waals surface area contributed by atoms with Gasteiger partial charge in [-0.3, -0.25) is 9.89 Å². The number of nitrogens with one attached hydrogen (secondary N) is 1. The van der Waals surface area contributed by atoms with Crippen LogP contribution in [0.1, 0.15) is 11.1 Å². The number of halogens is 2. The molecule has 3 rings (SSSR count). The molecule has 5 nitrogen and oxygen atoms in total. The van der Waals surface area contributed by atoms with E-state index in [1.165, 1.54) is 11.1 Å². The summed E-state index contributed by atoms with van der Waals surface area (Å²) in [6.07, 6.45) is 1.02. The molecule has 0 aliphatic carbocycles. The summed E-state index contributed by atoms with van der Waals surface area (Å²) in [5.41, 5.74) is 2.61. The van der Waals surface area contributed by atoms with Crippen molar-refractivity contribution >= 4 is 30.6 Å². The van der Waals surface area contributed by atoms with Crippen LogP contribution in [0.2, 0.25) is 0 Å². The molecule has 7 heteroatoms. The third kappa shape index (κ3) is 3.97. The van der Waals surface area contributed by atoms with Crippen LogP contribution in [0.4, 0.5) is 0 Å². The molecule has 2 aliphatic rings. The molecule has 2 aliphatic heterocycles. The molecule has 0 saturated heterocycles. The largest absolute Gasteiger partial charge is 0.497 e. The van der Waals surface area contributed by atoms with Crippen LogP contribution in [0.3, 0.4) is 0 Å². The number of hydrogen-bond acceptors (Lipinski definition) is 5. The number of nitrogens with zero attached hydrogens (tertiary/aromatic N) is 2. The Morgan fingerprint density at radius 3 is 2.68 bits per heavy atom. The molecule has 22 heavy (non-hydrogen) atoms. The third-order valence-corrected chi connectivity index (χ3v) is 3.93. The molecule has 0 amide bonds. The molecule has 124 valence electrons. The van der Waals surface area contributed by atoms with Crippen molar-refractivity contribution in [2.24, 2.45) is 4.99 Å². The van der Waals surface area contributed by atoms with Gasteiger partial charge in [0.25, 0.3) is 0 Å². The highest BCUT2D eigenvalue weighted by atomic mass is 35.5. The zero-order valence-corrected chi connectivity index (χ0v) is 14.6. The molecule has 0 fully saturated rings. The van der Waals surface area contributed by atoms with E-state index in [0.717, 1.165) is 56.5 Å². The maximum atomic E-state index is 5.52. The fourth-order valence-corrected chi connectivity index (χ4v) is 2.86. The predicted molar refractivity (Wildman–Crippen MR) is 93.3 cm³/mol. The highest BCUT2D eigenvalue weighted by molar-refractivity contribution is 5.86. The first-order valence-electron chi connectivity index (χ1n) is 7.03. The fraction of sp³-hybridized carbons (Fsp3) is 0.533. The van der Waals surface area contributed by atoms with Crippen LogP contribution in [0, 0.1) is 0 Å². The van der Waals surface area contributed by atoms with Gasteiger partial charge in [0.1, 0.15) is 17.3 Å². The topological polar surface area (TPSA) is 46.1 Å². The van der Waals surface area contributed by atoms with E-state index in [1.54, 1.807) is 14.2 Å². The summed E-state index contributed by atoms with van der Waals surface area (Å²) in [5, 5.41) is 3.33. The minimum absolute atomic E-state index is 0. The Bertz CT molecular complexity index is 521. The molecule has 0 atom stereocenters. The molecule has 2 heterocycles. The summed E-state index contributed by atoms with van der Waals surface area (Å²) in [4.78, 5) is 6.88. The van der Waals surface area contributed by atoms with E-state index in [9.17, 15) is 0 Å². The first-order valence-corrected chi connectivity index (χ1v) is 7.03. The minimum atomic E-state index is 0. The lowest BCUT2D eigenvalue weighted by Gasteiger charge is -2.30. The smallest absolute Gasteiger partial charge is 0.127 e. The number of aliphatic imine (C=N–C) groups is 1. The van der Waals surface area contributed by atoms with E-state index in [0.29, 0.717) is 0 Å². The van der Waals surface area contributed by atoms with Crippen LogP contribution in [-0.2, 0) is 13.0 Å². The average molecular weight is 348 g/mol. The number of amidine groups is 1. The molecule has 1 aromatic rings. The van der Waals surface area contributed by atoms with Crippen LogP contribution in [0.5, 0.6) is 11.5 Å². The third-order valence-electron chi connectivity index (χ3n) is 3.93.